The number of rotatable bonds is 4. The minimum absolute atomic E-state index is 0. The van der Waals surface area contributed by atoms with Crippen molar-refractivity contribution >= 4 is 28.9 Å². The van der Waals surface area contributed by atoms with Crippen molar-refractivity contribution < 1.29 is 5.11 Å². The largest absolute Gasteiger partial charge is 0.392 e. The summed E-state index contributed by atoms with van der Waals surface area (Å²) in [6, 6.07) is 0. The molecule has 1 aromatic rings. The maximum Gasteiger partial charge on any atom is 0.180 e. The smallest absolute Gasteiger partial charge is 0.180 e. The van der Waals surface area contributed by atoms with Crippen LogP contribution in [-0.4, -0.2) is 58.7 Å². The number of β-amino-alcohol motifs (C(OH)–C–C–N with tert-alkyl or cyclic N) is 1. The summed E-state index contributed by atoms with van der Waals surface area (Å²) in [5.74, 6) is 0. The molecule has 1 aromatic heterocycles. The molecule has 1 aliphatic heterocycles. The lowest BCUT2D eigenvalue weighted by Gasteiger charge is -2.34. The Morgan fingerprint density at radius 1 is 1.39 bits per heavy atom. The lowest BCUT2D eigenvalue weighted by molar-refractivity contribution is 0.0784. The van der Waals surface area contributed by atoms with Gasteiger partial charge in [0.15, 0.2) is 5.13 Å². The molecule has 0 bridgehead atoms. The molecule has 18 heavy (non-hydrogen) atoms. The van der Waals surface area contributed by atoms with Gasteiger partial charge in [0.05, 0.1) is 6.10 Å². The summed E-state index contributed by atoms with van der Waals surface area (Å²) in [5, 5.41) is 9.98. The highest BCUT2D eigenvalue weighted by atomic mass is 35.5. The normalized spacial score (nSPS) is 19.4. The molecule has 0 unspecified atom stereocenters. The van der Waals surface area contributed by atoms with Crippen LogP contribution in [0.15, 0.2) is 6.20 Å². The molecule has 0 saturated carbocycles. The number of aliphatic hydroxyl groups excluding tert-OH is 1. The van der Waals surface area contributed by atoms with Crippen LogP contribution in [0.1, 0.15) is 11.8 Å². The van der Waals surface area contributed by atoms with Crippen LogP contribution in [0, 0.1) is 0 Å². The average Bonchev–Trinajstić information content (AvgIpc) is 2.66. The van der Waals surface area contributed by atoms with Gasteiger partial charge in [-0.25, -0.2) is 4.98 Å². The summed E-state index contributed by atoms with van der Waals surface area (Å²) in [6.07, 6.45) is 1.63. The zero-order valence-corrected chi connectivity index (χ0v) is 12.2. The molecule has 0 radical (unpaired) electrons. The maximum absolute atomic E-state index is 9.33. The van der Waals surface area contributed by atoms with Crippen molar-refractivity contribution in [2.75, 3.05) is 38.5 Å². The van der Waals surface area contributed by atoms with Crippen molar-refractivity contribution in [1.29, 1.82) is 0 Å². The Bertz CT molecular complexity index is 353. The number of nitrogens with zero attached hydrogens (tertiary/aromatic N) is 3. The number of anilines is 1. The number of piperazine rings is 1. The first kappa shape index (κ1) is 15.7. The molecule has 1 fully saturated rings. The summed E-state index contributed by atoms with van der Waals surface area (Å²) in [7, 11) is 0. The zero-order valence-electron chi connectivity index (χ0n) is 10.6. The topological polar surface area (TPSA) is 65.6 Å². The first-order chi connectivity index (χ1) is 8.13. The molecule has 1 atom stereocenters. The lowest BCUT2D eigenvalue weighted by Crippen LogP contribution is -2.47. The number of nitrogen functional groups attached to an aromatic ring is 1. The molecule has 1 aliphatic rings. The van der Waals surface area contributed by atoms with E-state index in [1.54, 1.807) is 11.3 Å². The second-order valence-electron chi connectivity index (χ2n) is 4.59. The van der Waals surface area contributed by atoms with E-state index < -0.39 is 0 Å². The Balaban J connectivity index is 0.00000162. The van der Waals surface area contributed by atoms with Crippen molar-refractivity contribution in [3.63, 3.8) is 0 Å². The van der Waals surface area contributed by atoms with Crippen molar-refractivity contribution in [1.82, 2.24) is 14.8 Å². The van der Waals surface area contributed by atoms with Gasteiger partial charge in [-0.05, 0) is 6.92 Å². The predicted octanol–water partition coefficient (Wildman–Crippen LogP) is 0.645. The van der Waals surface area contributed by atoms with Crippen molar-refractivity contribution in [2.24, 2.45) is 0 Å². The van der Waals surface area contributed by atoms with E-state index in [1.807, 2.05) is 13.1 Å². The van der Waals surface area contributed by atoms with Gasteiger partial charge in [0.2, 0.25) is 0 Å². The van der Waals surface area contributed by atoms with E-state index in [4.69, 9.17) is 5.73 Å². The molecule has 0 aromatic carbocycles. The summed E-state index contributed by atoms with van der Waals surface area (Å²) in [5.41, 5.74) is 5.61. The molecule has 1 saturated heterocycles. The fourth-order valence-electron chi connectivity index (χ4n) is 2.12. The zero-order chi connectivity index (χ0) is 12.3. The van der Waals surface area contributed by atoms with Crippen molar-refractivity contribution in [3.8, 4) is 0 Å². The Hall–Kier alpha value is -0.400. The maximum atomic E-state index is 9.33. The average molecular weight is 293 g/mol. The van der Waals surface area contributed by atoms with E-state index >= 15 is 0 Å². The first-order valence-corrected chi connectivity index (χ1v) is 6.78. The van der Waals surface area contributed by atoms with Gasteiger partial charge in [-0.3, -0.25) is 9.80 Å². The molecular formula is C11H21ClN4OS. The van der Waals surface area contributed by atoms with Crippen LogP contribution in [0.5, 0.6) is 0 Å². The van der Waals surface area contributed by atoms with Gasteiger partial charge in [-0.15, -0.1) is 23.7 Å². The Morgan fingerprint density at radius 3 is 2.50 bits per heavy atom. The molecule has 2 rings (SSSR count). The number of thiazole rings is 1. The molecule has 0 spiro atoms. The monoisotopic (exact) mass is 292 g/mol. The molecular weight excluding hydrogens is 272 g/mol. The SMILES string of the molecule is C[C@H](O)CN1CCN(Cc2cnc(N)s2)CC1.Cl. The van der Waals surface area contributed by atoms with Gasteiger partial charge < -0.3 is 10.8 Å². The van der Waals surface area contributed by atoms with Crippen molar-refractivity contribution in [2.45, 2.75) is 19.6 Å². The highest BCUT2D eigenvalue weighted by molar-refractivity contribution is 7.15. The molecule has 0 aliphatic carbocycles. The fraction of sp³-hybridized carbons (Fsp3) is 0.727. The van der Waals surface area contributed by atoms with E-state index in [2.05, 4.69) is 14.8 Å². The van der Waals surface area contributed by atoms with Crippen LogP contribution < -0.4 is 5.73 Å². The Labute approximate surface area is 118 Å². The van der Waals surface area contributed by atoms with Gasteiger partial charge in [-0.2, -0.15) is 0 Å². The number of aromatic nitrogens is 1. The second-order valence-corrected chi connectivity index (χ2v) is 5.74. The van der Waals surface area contributed by atoms with Crippen LogP contribution >= 0.6 is 23.7 Å². The van der Waals surface area contributed by atoms with Crippen LogP contribution in [-0.2, 0) is 6.54 Å². The van der Waals surface area contributed by atoms with Crippen LogP contribution in [0.3, 0.4) is 0 Å². The lowest BCUT2D eigenvalue weighted by atomic mass is 10.2. The fourth-order valence-corrected chi connectivity index (χ4v) is 2.85. The van der Waals surface area contributed by atoms with Crippen LogP contribution in [0.25, 0.3) is 0 Å². The first-order valence-electron chi connectivity index (χ1n) is 5.96. The molecule has 5 nitrogen and oxygen atoms in total. The van der Waals surface area contributed by atoms with Gasteiger partial charge in [0, 0.05) is 50.3 Å². The summed E-state index contributed by atoms with van der Waals surface area (Å²) < 4.78 is 0. The molecule has 2 heterocycles. The third-order valence-corrected chi connectivity index (χ3v) is 3.75. The van der Waals surface area contributed by atoms with Gasteiger partial charge in [0.1, 0.15) is 0 Å². The third-order valence-electron chi connectivity index (χ3n) is 2.94. The second kappa shape index (κ2) is 7.25. The minimum atomic E-state index is -0.233. The van der Waals surface area contributed by atoms with E-state index in [0.717, 1.165) is 39.3 Å². The Morgan fingerprint density at radius 2 is 2.00 bits per heavy atom. The number of hydrogen-bond donors (Lipinski definition) is 2. The molecule has 3 N–H and O–H groups in total. The van der Waals surface area contributed by atoms with E-state index in [1.165, 1.54) is 4.88 Å². The summed E-state index contributed by atoms with van der Waals surface area (Å²) >= 11 is 1.56. The predicted molar refractivity (Wildman–Crippen MR) is 77.2 cm³/mol. The molecule has 104 valence electrons. The third kappa shape index (κ3) is 4.70. The van der Waals surface area contributed by atoms with Gasteiger partial charge >= 0.3 is 0 Å². The van der Waals surface area contributed by atoms with E-state index in [0.29, 0.717) is 5.13 Å². The van der Waals surface area contributed by atoms with Crippen LogP contribution in [0.2, 0.25) is 0 Å². The van der Waals surface area contributed by atoms with Gasteiger partial charge in [-0.1, -0.05) is 0 Å². The molecule has 0 amide bonds. The number of aliphatic hydroxyl groups is 1. The number of hydrogen-bond acceptors (Lipinski definition) is 6. The highest BCUT2D eigenvalue weighted by Gasteiger charge is 2.18. The Kier molecular flexibility index (Phi) is 6.31. The number of halogens is 1. The van der Waals surface area contributed by atoms with Gasteiger partial charge in [0.25, 0.3) is 0 Å². The van der Waals surface area contributed by atoms with E-state index in [-0.39, 0.29) is 18.5 Å². The summed E-state index contributed by atoms with van der Waals surface area (Å²) in [6.45, 7) is 7.71. The number of nitrogens with two attached hydrogens (primary N) is 1. The minimum Gasteiger partial charge on any atom is -0.392 e. The van der Waals surface area contributed by atoms with Crippen LogP contribution in [0.4, 0.5) is 5.13 Å². The van der Waals surface area contributed by atoms with E-state index in [9.17, 15) is 5.11 Å². The standard InChI is InChI=1S/C11H20N4OS.ClH/c1-9(16)7-14-2-4-15(5-3-14)8-10-6-13-11(12)17-10;/h6,9,16H,2-5,7-8H2,1H3,(H2,12,13);1H/t9-;/m0./s1. The summed E-state index contributed by atoms with van der Waals surface area (Å²) in [4.78, 5) is 10.0. The molecule has 7 heteroatoms. The highest BCUT2D eigenvalue weighted by Crippen LogP contribution is 2.17. The van der Waals surface area contributed by atoms with Crippen molar-refractivity contribution in [3.05, 3.63) is 11.1 Å². The quantitative estimate of drug-likeness (QED) is 0.853.